The zero-order valence-corrected chi connectivity index (χ0v) is 12.9. The highest BCUT2D eigenvalue weighted by atomic mass is 16.5. The molecule has 18 heavy (non-hydrogen) atoms. The van der Waals surface area contributed by atoms with Gasteiger partial charge in [-0.2, -0.15) is 0 Å². The lowest BCUT2D eigenvalue weighted by molar-refractivity contribution is 0.281. The average molecular weight is 252 g/mol. The van der Waals surface area contributed by atoms with Crippen LogP contribution in [0.3, 0.4) is 0 Å². The summed E-state index contributed by atoms with van der Waals surface area (Å²) in [6.45, 7) is 12.1. The Morgan fingerprint density at radius 2 is 1.83 bits per heavy atom. The van der Waals surface area contributed by atoms with Gasteiger partial charge in [-0.15, -0.1) is 0 Å². The molecular formula is C15H28N2O. The van der Waals surface area contributed by atoms with Gasteiger partial charge in [0.1, 0.15) is 0 Å². The van der Waals surface area contributed by atoms with E-state index < -0.39 is 0 Å². The summed E-state index contributed by atoms with van der Waals surface area (Å²) < 4.78 is 7.12. The molecule has 0 N–H and O–H groups in total. The average Bonchev–Trinajstić information content (AvgIpc) is 2.98. The van der Waals surface area contributed by atoms with Gasteiger partial charge >= 0.3 is 0 Å². The first kappa shape index (κ1) is 18.8. The van der Waals surface area contributed by atoms with Crippen LogP contribution < -0.4 is 0 Å². The molecule has 0 aromatic carbocycles. The van der Waals surface area contributed by atoms with Crippen LogP contribution in [0, 0.1) is 0 Å². The zero-order valence-electron chi connectivity index (χ0n) is 12.9. The first-order valence-electron chi connectivity index (χ1n) is 6.67. The van der Waals surface area contributed by atoms with E-state index >= 15 is 0 Å². The quantitative estimate of drug-likeness (QED) is 0.572. The van der Waals surface area contributed by atoms with Gasteiger partial charge in [0.25, 0.3) is 0 Å². The van der Waals surface area contributed by atoms with E-state index in [1.807, 2.05) is 57.5 Å². The van der Waals surface area contributed by atoms with Crippen LogP contribution in [0.15, 0.2) is 36.6 Å². The van der Waals surface area contributed by atoms with Gasteiger partial charge in [-0.3, -0.25) is 0 Å². The van der Waals surface area contributed by atoms with Crippen LogP contribution in [0.5, 0.6) is 0 Å². The van der Waals surface area contributed by atoms with E-state index in [0.29, 0.717) is 0 Å². The summed E-state index contributed by atoms with van der Waals surface area (Å²) in [6, 6.07) is 0. The van der Waals surface area contributed by atoms with Gasteiger partial charge in [0, 0.05) is 24.5 Å². The van der Waals surface area contributed by atoms with Gasteiger partial charge in [-0.25, -0.2) is 4.98 Å². The van der Waals surface area contributed by atoms with Crippen molar-refractivity contribution < 1.29 is 4.74 Å². The fourth-order valence-corrected chi connectivity index (χ4v) is 1.10. The van der Waals surface area contributed by atoms with Crippen molar-refractivity contribution in [2.45, 2.75) is 48.0 Å². The van der Waals surface area contributed by atoms with Crippen LogP contribution in [-0.2, 0) is 4.74 Å². The number of nitrogens with zero attached hydrogens (tertiary/aromatic N) is 2. The van der Waals surface area contributed by atoms with Crippen LogP contribution in [-0.4, -0.2) is 16.7 Å². The highest BCUT2D eigenvalue weighted by Crippen LogP contribution is 2.06. The van der Waals surface area contributed by atoms with Crippen LogP contribution in [0.1, 0.15) is 48.0 Å². The fraction of sp³-hybridized carbons (Fsp3) is 0.533. The molecule has 0 aliphatic rings. The van der Waals surface area contributed by atoms with E-state index in [0.717, 1.165) is 17.9 Å². The van der Waals surface area contributed by atoms with Crippen molar-refractivity contribution in [3.63, 3.8) is 0 Å². The molecule has 1 heterocycles. The number of hydrogen-bond acceptors (Lipinski definition) is 2. The Labute approximate surface area is 112 Å². The molecule has 0 bridgehead atoms. The summed E-state index contributed by atoms with van der Waals surface area (Å²) in [5, 5.41) is 0. The molecule has 0 aliphatic carbocycles. The minimum Gasteiger partial charge on any atom is -0.501 e. The van der Waals surface area contributed by atoms with E-state index in [4.69, 9.17) is 4.74 Å². The van der Waals surface area contributed by atoms with Gasteiger partial charge in [0.2, 0.25) is 0 Å². The molecule has 0 radical (unpaired) electrons. The molecule has 0 saturated heterocycles. The standard InChI is InChI=1S/C11H16N2O.2C2H6/c1-4-11(14-3)6-5-10(2)13-8-7-12-9-13;2*1-2/h5-9H,4H2,1-3H3;2*1-2H3/b10-5+,11-6+;;. The maximum atomic E-state index is 5.16. The number of rotatable bonds is 4. The number of aromatic nitrogens is 2. The summed E-state index contributed by atoms with van der Waals surface area (Å²) in [5.74, 6) is 0.976. The smallest absolute Gasteiger partial charge is 0.0989 e. The molecule has 0 aliphatic heterocycles. The van der Waals surface area contributed by atoms with Gasteiger partial charge < -0.3 is 9.30 Å². The fourth-order valence-electron chi connectivity index (χ4n) is 1.10. The Morgan fingerprint density at radius 1 is 1.22 bits per heavy atom. The van der Waals surface area contributed by atoms with Crippen molar-refractivity contribution in [1.82, 2.24) is 9.55 Å². The Morgan fingerprint density at radius 3 is 2.22 bits per heavy atom. The van der Waals surface area contributed by atoms with Crippen LogP contribution in [0.25, 0.3) is 5.70 Å². The predicted molar refractivity (Wildman–Crippen MR) is 80.3 cm³/mol. The first-order chi connectivity index (χ1) is 8.77. The molecule has 1 aromatic rings. The van der Waals surface area contributed by atoms with Crippen LogP contribution in [0.2, 0.25) is 0 Å². The number of allylic oxidation sites excluding steroid dienone is 4. The van der Waals surface area contributed by atoms with E-state index in [1.54, 1.807) is 19.6 Å². The third-order valence-corrected chi connectivity index (χ3v) is 2.03. The van der Waals surface area contributed by atoms with Crippen molar-refractivity contribution >= 4 is 5.70 Å². The summed E-state index contributed by atoms with van der Waals surface area (Å²) >= 11 is 0. The van der Waals surface area contributed by atoms with Crippen LogP contribution in [0.4, 0.5) is 0 Å². The maximum absolute atomic E-state index is 5.16. The molecule has 1 rings (SSSR count). The van der Waals surface area contributed by atoms with Crippen molar-refractivity contribution in [3.8, 4) is 0 Å². The van der Waals surface area contributed by atoms with Crippen molar-refractivity contribution in [2.24, 2.45) is 0 Å². The molecule has 0 spiro atoms. The number of methoxy groups -OCH3 is 1. The summed E-state index contributed by atoms with van der Waals surface area (Å²) in [4.78, 5) is 3.98. The van der Waals surface area contributed by atoms with Gasteiger partial charge in [-0.05, 0) is 19.1 Å². The number of imidazole rings is 1. The molecule has 0 amide bonds. The molecule has 0 fully saturated rings. The predicted octanol–water partition coefficient (Wildman–Crippen LogP) is 4.74. The molecule has 0 atom stereocenters. The van der Waals surface area contributed by atoms with Gasteiger partial charge in [0.05, 0.1) is 19.2 Å². The molecule has 104 valence electrons. The summed E-state index contributed by atoms with van der Waals surface area (Å²) in [7, 11) is 1.69. The largest absolute Gasteiger partial charge is 0.501 e. The zero-order chi connectivity index (χ0) is 14.4. The third-order valence-electron chi connectivity index (χ3n) is 2.03. The Kier molecular flexibility index (Phi) is 14.2. The molecule has 0 unspecified atom stereocenters. The monoisotopic (exact) mass is 252 g/mol. The second-order valence-electron chi connectivity index (χ2n) is 2.97. The normalized spacial score (nSPS) is 10.8. The molecule has 3 heteroatoms. The Bertz CT molecular complexity index is 318. The first-order valence-corrected chi connectivity index (χ1v) is 6.67. The second kappa shape index (κ2) is 13.6. The Hall–Kier alpha value is -1.51. The summed E-state index contributed by atoms with van der Waals surface area (Å²) in [6.07, 6.45) is 10.4. The molecular weight excluding hydrogens is 224 g/mol. The highest BCUT2D eigenvalue weighted by molar-refractivity contribution is 5.45. The van der Waals surface area contributed by atoms with Gasteiger partial charge in [-0.1, -0.05) is 34.6 Å². The van der Waals surface area contributed by atoms with E-state index in [-0.39, 0.29) is 0 Å². The topological polar surface area (TPSA) is 27.1 Å². The van der Waals surface area contributed by atoms with Crippen molar-refractivity contribution in [1.29, 1.82) is 0 Å². The lowest BCUT2D eigenvalue weighted by atomic mass is 10.3. The molecule has 0 saturated carbocycles. The summed E-state index contributed by atoms with van der Waals surface area (Å²) in [5.41, 5.74) is 1.12. The SMILES string of the molecule is CC.CC.CC/C(=C\C=C(/C)n1ccnc1)OC. The maximum Gasteiger partial charge on any atom is 0.0989 e. The minimum absolute atomic E-state index is 0.907. The van der Waals surface area contributed by atoms with Gasteiger partial charge in [0.15, 0.2) is 0 Å². The molecule has 1 aromatic heterocycles. The lowest BCUT2D eigenvalue weighted by Crippen LogP contribution is -1.88. The van der Waals surface area contributed by atoms with E-state index in [1.165, 1.54) is 0 Å². The third kappa shape index (κ3) is 7.71. The number of ether oxygens (including phenoxy) is 1. The van der Waals surface area contributed by atoms with Crippen molar-refractivity contribution in [3.05, 3.63) is 36.6 Å². The second-order valence-corrected chi connectivity index (χ2v) is 2.97. The highest BCUT2D eigenvalue weighted by Gasteiger charge is 1.91. The van der Waals surface area contributed by atoms with E-state index in [2.05, 4.69) is 11.9 Å². The van der Waals surface area contributed by atoms with E-state index in [9.17, 15) is 0 Å². The van der Waals surface area contributed by atoms with Crippen LogP contribution >= 0.6 is 0 Å². The van der Waals surface area contributed by atoms with Crippen molar-refractivity contribution in [2.75, 3.05) is 7.11 Å². The minimum atomic E-state index is 0.907. The molecule has 3 nitrogen and oxygen atoms in total. The number of hydrogen-bond donors (Lipinski definition) is 0. The Balaban J connectivity index is 0. The lowest BCUT2D eigenvalue weighted by Gasteiger charge is -2.02.